The molecule has 2 rings (SSSR count). The van der Waals surface area contributed by atoms with E-state index >= 15 is 0 Å². The predicted octanol–water partition coefficient (Wildman–Crippen LogP) is 2.69. The SMILES string of the molecule is CC(=O)Nc1cc(Oc2cc(F)c(N)cc2F)ccn1. The molecule has 5 nitrogen and oxygen atoms in total. The molecule has 3 N–H and O–H groups in total. The molecule has 0 spiro atoms. The second-order valence-corrected chi connectivity index (χ2v) is 3.96. The van der Waals surface area contributed by atoms with Gasteiger partial charge in [-0.15, -0.1) is 0 Å². The lowest BCUT2D eigenvalue weighted by Gasteiger charge is -2.09. The van der Waals surface area contributed by atoms with Crippen LogP contribution in [0.4, 0.5) is 20.3 Å². The molecule has 0 aliphatic carbocycles. The van der Waals surface area contributed by atoms with E-state index in [4.69, 9.17) is 10.5 Å². The van der Waals surface area contributed by atoms with Crippen LogP contribution in [0.15, 0.2) is 30.5 Å². The Morgan fingerprint density at radius 3 is 2.75 bits per heavy atom. The van der Waals surface area contributed by atoms with E-state index in [9.17, 15) is 13.6 Å². The van der Waals surface area contributed by atoms with Crippen LogP contribution in [0.1, 0.15) is 6.92 Å². The Labute approximate surface area is 113 Å². The maximum Gasteiger partial charge on any atom is 0.222 e. The van der Waals surface area contributed by atoms with Crippen LogP contribution in [0.2, 0.25) is 0 Å². The smallest absolute Gasteiger partial charge is 0.222 e. The molecule has 0 saturated carbocycles. The fraction of sp³-hybridized carbons (Fsp3) is 0.0769. The normalized spacial score (nSPS) is 10.2. The minimum Gasteiger partial charge on any atom is -0.454 e. The Morgan fingerprint density at radius 2 is 2.05 bits per heavy atom. The number of carbonyl (C=O) groups is 1. The number of halogens is 2. The summed E-state index contributed by atoms with van der Waals surface area (Å²) < 4.78 is 32.0. The molecule has 0 unspecified atom stereocenters. The molecule has 20 heavy (non-hydrogen) atoms. The Balaban J connectivity index is 2.26. The molecule has 0 radical (unpaired) electrons. The third kappa shape index (κ3) is 3.19. The maximum absolute atomic E-state index is 13.6. The number of nitrogens with one attached hydrogen (secondary N) is 1. The monoisotopic (exact) mass is 279 g/mol. The number of pyridine rings is 1. The number of aromatic nitrogens is 1. The molecule has 1 aromatic heterocycles. The van der Waals surface area contributed by atoms with E-state index in [1.165, 1.54) is 25.3 Å². The molecule has 0 aliphatic heterocycles. The fourth-order valence-corrected chi connectivity index (χ4v) is 1.47. The molecule has 0 atom stereocenters. The van der Waals surface area contributed by atoms with Gasteiger partial charge >= 0.3 is 0 Å². The summed E-state index contributed by atoms with van der Waals surface area (Å²) in [5.74, 6) is -1.74. The van der Waals surface area contributed by atoms with Crippen LogP contribution in [0.3, 0.4) is 0 Å². The molecule has 2 aromatic rings. The van der Waals surface area contributed by atoms with Gasteiger partial charge in [0, 0.05) is 31.3 Å². The van der Waals surface area contributed by atoms with E-state index in [-0.39, 0.29) is 28.9 Å². The first kappa shape index (κ1) is 13.7. The highest BCUT2D eigenvalue weighted by molar-refractivity contribution is 5.87. The third-order valence-electron chi connectivity index (χ3n) is 2.31. The molecule has 1 aromatic carbocycles. The highest BCUT2D eigenvalue weighted by Gasteiger charge is 2.10. The first-order valence-corrected chi connectivity index (χ1v) is 5.61. The molecule has 0 bridgehead atoms. The second kappa shape index (κ2) is 5.52. The Morgan fingerprint density at radius 1 is 1.30 bits per heavy atom. The van der Waals surface area contributed by atoms with Gasteiger partial charge in [-0.3, -0.25) is 4.79 Å². The summed E-state index contributed by atoms with van der Waals surface area (Å²) in [5, 5.41) is 2.45. The van der Waals surface area contributed by atoms with Gasteiger partial charge in [0.2, 0.25) is 5.91 Å². The molecule has 0 fully saturated rings. The fourth-order valence-electron chi connectivity index (χ4n) is 1.47. The third-order valence-corrected chi connectivity index (χ3v) is 2.31. The average Bonchev–Trinajstić information content (AvgIpc) is 2.35. The zero-order chi connectivity index (χ0) is 14.7. The largest absolute Gasteiger partial charge is 0.454 e. The van der Waals surface area contributed by atoms with Crippen molar-refractivity contribution in [3.05, 3.63) is 42.1 Å². The Kier molecular flexibility index (Phi) is 3.79. The van der Waals surface area contributed by atoms with Gasteiger partial charge in [-0.05, 0) is 6.07 Å². The zero-order valence-electron chi connectivity index (χ0n) is 10.5. The summed E-state index contributed by atoms with van der Waals surface area (Å²) in [5.41, 5.74) is 4.93. The van der Waals surface area contributed by atoms with E-state index in [1.54, 1.807) is 0 Å². The number of carbonyl (C=O) groups excluding carboxylic acids is 1. The number of nitrogens with zero attached hydrogens (tertiary/aromatic N) is 1. The average molecular weight is 279 g/mol. The van der Waals surface area contributed by atoms with Gasteiger partial charge in [0.1, 0.15) is 17.4 Å². The van der Waals surface area contributed by atoms with Crippen molar-refractivity contribution in [2.75, 3.05) is 11.1 Å². The summed E-state index contributed by atoms with van der Waals surface area (Å²) in [6.07, 6.45) is 1.37. The van der Waals surface area contributed by atoms with E-state index in [1.807, 2.05) is 0 Å². The van der Waals surface area contributed by atoms with Crippen molar-refractivity contribution in [3.63, 3.8) is 0 Å². The minimum absolute atomic E-state index is 0.201. The lowest BCUT2D eigenvalue weighted by atomic mass is 10.3. The van der Waals surface area contributed by atoms with Gasteiger partial charge in [0.05, 0.1) is 5.69 Å². The van der Waals surface area contributed by atoms with Crippen molar-refractivity contribution >= 4 is 17.4 Å². The number of nitrogen functional groups attached to an aromatic ring is 1. The zero-order valence-corrected chi connectivity index (χ0v) is 10.5. The highest BCUT2D eigenvalue weighted by atomic mass is 19.1. The van der Waals surface area contributed by atoms with Crippen LogP contribution in [-0.2, 0) is 4.79 Å². The van der Waals surface area contributed by atoms with E-state index in [0.717, 1.165) is 12.1 Å². The van der Waals surface area contributed by atoms with Crippen molar-refractivity contribution in [1.82, 2.24) is 4.98 Å². The Bertz CT molecular complexity index is 662. The quantitative estimate of drug-likeness (QED) is 0.847. The second-order valence-electron chi connectivity index (χ2n) is 3.96. The summed E-state index contributed by atoms with van der Waals surface area (Å²) in [6, 6.07) is 4.51. The summed E-state index contributed by atoms with van der Waals surface area (Å²) >= 11 is 0. The summed E-state index contributed by atoms with van der Waals surface area (Å²) in [6.45, 7) is 1.32. The van der Waals surface area contributed by atoms with Gasteiger partial charge in [-0.1, -0.05) is 0 Å². The van der Waals surface area contributed by atoms with Gasteiger partial charge in [0.25, 0.3) is 0 Å². The standard InChI is InChI=1S/C13H11F2N3O2/c1-7(19)18-13-4-8(2-3-17-13)20-12-6-9(14)11(16)5-10(12)15/h2-6H,16H2,1H3,(H,17,18,19). The van der Waals surface area contributed by atoms with Crippen LogP contribution in [0.25, 0.3) is 0 Å². The molecular weight excluding hydrogens is 268 g/mol. The van der Waals surface area contributed by atoms with Gasteiger partial charge in [-0.2, -0.15) is 0 Å². The van der Waals surface area contributed by atoms with Crippen LogP contribution in [0, 0.1) is 11.6 Å². The number of anilines is 2. The lowest BCUT2D eigenvalue weighted by molar-refractivity contribution is -0.114. The van der Waals surface area contributed by atoms with Crippen molar-refractivity contribution in [1.29, 1.82) is 0 Å². The van der Waals surface area contributed by atoms with Gasteiger partial charge < -0.3 is 15.8 Å². The molecule has 104 valence electrons. The highest BCUT2D eigenvalue weighted by Crippen LogP contribution is 2.28. The Hall–Kier alpha value is -2.70. The summed E-state index contributed by atoms with van der Waals surface area (Å²) in [4.78, 5) is 14.8. The molecule has 7 heteroatoms. The molecule has 1 heterocycles. The van der Waals surface area contributed by atoms with E-state index in [0.29, 0.717) is 0 Å². The van der Waals surface area contributed by atoms with Crippen LogP contribution < -0.4 is 15.8 Å². The predicted molar refractivity (Wildman–Crippen MR) is 69.4 cm³/mol. The van der Waals surface area contributed by atoms with Gasteiger partial charge in [-0.25, -0.2) is 13.8 Å². The summed E-state index contributed by atoms with van der Waals surface area (Å²) in [7, 11) is 0. The number of nitrogens with two attached hydrogens (primary N) is 1. The first-order chi connectivity index (χ1) is 9.45. The van der Waals surface area contributed by atoms with Crippen LogP contribution >= 0.6 is 0 Å². The molecule has 0 saturated heterocycles. The molecule has 0 aliphatic rings. The van der Waals surface area contributed by atoms with Crippen molar-refractivity contribution in [2.24, 2.45) is 0 Å². The van der Waals surface area contributed by atoms with E-state index in [2.05, 4.69) is 10.3 Å². The number of hydrogen-bond acceptors (Lipinski definition) is 4. The lowest BCUT2D eigenvalue weighted by Crippen LogP contribution is -2.07. The molecular formula is C13H11F2N3O2. The van der Waals surface area contributed by atoms with Crippen molar-refractivity contribution in [3.8, 4) is 11.5 Å². The minimum atomic E-state index is -0.790. The maximum atomic E-state index is 13.6. The number of amides is 1. The van der Waals surface area contributed by atoms with Gasteiger partial charge in [0.15, 0.2) is 11.6 Å². The van der Waals surface area contributed by atoms with Crippen LogP contribution in [-0.4, -0.2) is 10.9 Å². The van der Waals surface area contributed by atoms with E-state index < -0.39 is 11.6 Å². The van der Waals surface area contributed by atoms with Crippen molar-refractivity contribution in [2.45, 2.75) is 6.92 Å². The van der Waals surface area contributed by atoms with Crippen LogP contribution in [0.5, 0.6) is 11.5 Å². The topological polar surface area (TPSA) is 77.2 Å². The first-order valence-electron chi connectivity index (χ1n) is 5.61. The number of hydrogen-bond donors (Lipinski definition) is 2. The molecule has 1 amide bonds. The number of benzene rings is 1. The number of rotatable bonds is 3. The number of ether oxygens (including phenoxy) is 1. The van der Waals surface area contributed by atoms with Crippen molar-refractivity contribution < 1.29 is 18.3 Å².